The van der Waals surface area contributed by atoms with Crippen LogP contribution in [0.5, 0.6) is 0 Å². The topological polar surface area (TPSA) is 68.3 Å². The third kappa shape index (κ3) is 10.5. The molecule has 0 aromatic carbocycles. The molecule has 0 radical (unpaired) electrons. The lowest BCUT2D eigenvalue weighted by Gasteiger charge is -2.20. The first-order valence-corrected chi connectivity index (χ1v) is 9.42. The van der Waals surface area contributed by atoms with Crippen LogP contribution in [0, 0.1) is 11.8 Å². The summed E-state index contributed by atoms with van der Waals surface area (Å²) in [7, 11) is 0. The van der Waals surface area contributed by atoms with Gasteiger partial charge in [-0.2, -0.15) is 0 Å². The first-order valence-electron chi connectivity index (χ1n) is 9.42. The number of carbonyl (C=O) groups is 4. The van der Waals surface area contributed by atoms with Crippen LogP contribution in [-0.4, -0.2) is 23.1 Å². The Morgan fingerprint density at radius 2 is 0.708 bits per heavy atom. The summed E-state index contributed by atoms with van der Waals surface area (Å²) in [6.45, 7) is 7.35. The van der Waals surface area contributed by atoms with Gasteiger partial charge in [0.2, 0.25) is 0 Å². The van der Waals surface area contributed by atoms with E-state index in [0.717, 1.165) is 12.8 Å². The molecular weight excluding hydrogens is 304 g/mol. The average molecular weight is 338 g/mol. The number of Topliss-reactive ketones (excluding diaryl/α,β-unsaturated/α-hetero) is 4. The van der Waals surface area contributed by atoms with E-state index >= 15 is 0 Å². The maximum absolute atomic E-state index is 11.8. The molecule has 4 heteroatoms. The zero-order valence-corrected chi connectivity index (χ0v) is 15.9. The van der Waals surface area contributed by atoms with Crippen LogP contribution in [0.1, 0.15) is 91.9 Å². The van der Waals surface area contributed by atoms with Crippen LogP contribution in [-0.2, 0) is 19.2 Å². The van der Waals surface area contributed by atoms with Gasteiger partial charge in [-0.3, -0.25) is 19.2 Å². The van der Waals surface area contributed by atoms with Crippen LogP contribution in [0.15, 0.2) is 0 Å². The quantitative estimate of drug-likeness (QED) is 0.441. The monoisotopic (exact) mass is 338 g/mol. The summed E-state index contributed by atoms with van der Waals surface area (Å²) in [4.78, 5) is 47.1. The van der Waals surface area contributed by atoms with Crippen molar-refractivity contribution < 1.29 is 19.2 Å². The second kappa shape index (κ2) is 13.0. The molecule has 24 heavy (non-hydrogen) atoms. The maximum atomic E-state index is 11.8. The maximum Gasteiger partial charge on any atom is 0.132 e. The molecule has 0 aliphatic carbocycles. The Bertz CT molecular complexity index is 349. The van der Waals surface area contributed by atoms with Crippen LogP contribution in [0.3, 0.4) is 0 Å². The van der Waals surface area contributed by atoms with Gasteiger partial charge in [0.1, 0.15) is 23.1 Å². The van der Waals surface area contributed by atoms with Crippen molar-refractivity contribution in [3.05, 3.63) is 0 Å². The van der Waals surface area contributed by atoms with Gasteiger partial charge in [0.15, 0.2) is 0 Å². The van der Waals surface area contributed by atoms with Gasteiger partial charge in [-0.05, 0) is 24.7 Å². The molecule has 0 aromatic heterocycles. The van der Waals surface area contributed by atoms with E-state index in [9.17, 15) is 19.2 Å². The van der Waals surface area contributed by atoms with Crippen molar-refractivity contribution in [2.75, 3.05) is 0 Å². The molecule has 0 amide bonds. The van der Waals surface area contributed by atoms with Gasteiger partial charge in [0, 0.05) is 51.4 Å². The molecule has 138 valence electrons. The van der Waals surface area contributed by atoms with E-state index in [2.05, 4.69) is 0 Å². The highest BCUT2D eigenvalue weighted by molar-refractivity contribution is 5.82. The van der Waals surface area contributed by atoms with Gasteiger partial charge in [0.25, 0.3) is 0 Å². The molecule has 0 fully saturated rings. The Morgan fingerprint density at radius 3 is 0.875 bits per heavy atom. The summed E-state index contributed by atoms with van der Waals surface area (Å²) >= 11 is 0. The van der Waals surface area contributed by atoms with Crippen LogP contribution in [0.2, 0.25) is 0 Å². The van der Waals surface area contributed by atoms with E-state index in [0.29, 0.717) is 51.4 Å². The van der Waals surface area contributed by atoms with E-state index in [1.165, 1.54) is 0 Å². The molecule has 0 saturated carbocycles. The fourth-order valence-electron chi connectivity index (χ4n) is 2.89. The summed E-state index contributed by atoms with van der Waals surface area (Å²) in [6.07, 6.45) is 5.14. The van der Waals surface area contributed by atoms with Crippen molar-refractivity contribution in [3.63, 3.8) is 0 Å². The minimum absolute atomic E-state index is 0.0425. The zero-order valence-electron chi connectivity index (χ0n) is 15.9. The van der Waals surface area contributed by atoms with E-state index in [1.807, 2.05) is 27.7 Å². The minimum atomic E-state index is 0.0425. The van der Waals surface area contributed by atoms with Gasteiger partial charge in [-0.15, -0.1) is 0 Å². The fourth-order valence-corrected chi connectivity index (χ4v) is 2.89. The molecule has 0 bridgehead atoms. The molecule has 0 saturated heterocycles. The molecule has 0 aliphatic rings. The Labute approximate surface area is 146 Å². The van der Waals surface area contributed by atoms with Crippen molar-refractivity contribution in [1.29, 1.82) is 0 Å². The van der Waals surface area contributed by atoms with Crippen molar-refractivity contribution >= 4 is 23.1 Å². The van der Waals surface area contributed by atoms with Crippen molar-refractivity contribution in [2.45, 2.75) is 91.9 Å². The van der Waals surface area contributed by atoms with Gasteiger partial charge in [0.05, 0.1) is 0 Å². The first-order chi connectivity index (χ1) is 11.4. The first kappa shape index (κ1) is 22.7. The lowest BCUT2D eigenvalue weighted by molar-refractivity contribution is -0.124. The molecule has 0 heterocycles. The van der Waals surface area contributed by atoms with Crippen molar-refractivity contribution in [3.8, 4) is 0 Å². The SMILES string of the molecule is CCC(=O)CC(CCC(CC(=O)CC)CC(=O)CC)CC(=O)CC. The van der Waals surface area contributed by atoms with E-state index < -0.39 is 0 Å². The highest BCUT2D eigenvalue weighted by Gasteiger charge is 2.21. The van der Waals surface area contributed by atoms with Crippen molar-refractivity contribution in [1.82, 2.24) is 0 Å². The van der Waals surface area contributed by atoms with Gasteiger partial charge in [-0.1, -0.05) is 27.7 Å². The summed E-state index contributed by atoms with van der Waals surface area (Å²) < 4.78 is 0. The van der Waals surface area contributed by atoms with Gasteiger partial charge >= 0.3 is 0 Å². The summed E-state index contributed by atoms with van der Waals surface area (Å²) in [6, 6.07) is 0. The van der Waals surface area contributed by atoms with E-state index in [4.69, 9.17) is 0 Å². The second-order valence-corrected chi connectivity index (χ2v) is 6.69. The Morgan fingerprint density at radius 1 is 0.500 bits per heavy atom. The highest BCUT2D eigenvalue weighted by Crippen LogP contribution is 2.25. The van der Waals surface area contributed by atoms with Crippen LogP contribution in [0.4, 0.5) is 0 Å². The summed E-state index contributed by atoms with van der Waals surface area (Å²) in [5.74, 6) is 0.788. The van der Waals surface area contributed by atoms with Gasteiger partial charge in [-0.25, -0.2) is 0 Å². The molecule has 0 spiro atoms. The predicted octanol–water partition coefficient (Wildman–Crippen LogP) is 4.48. The van der Waals surface area contributed by atoms with Gasteiger partial charge < -0.3 is 0 Å². The minimum Gasteiger partial charge on any atom is -0.300 e. The zero-order chi connectivity index (χ0) is 18.5. The lowest BCUT2D eigenvalue weighted by atomic mass is 9.84. The molecule has 0 atom stereocenters. The Kier molecular flexibility index (Phi) is 12.3. The number of carbonyl (C=O) groups excluding carboxylic acids is 4. The normalized spacial score (nSPS) is 11.1. The third-order valence-electron chi connectivity index (χ3n) is 4.63. The van der Waals surface area contributed by atoms with E-state index in [1.54, 1.807) is 0 Å². The molecule has 0 N–H and O–H groups in total. The van der Waals surface area contributed by atoms with Crippen LogP contribution < -0.4 is 0 Å². The summed E-state index contributed by atoms with van der Waals surface area (Å²) in [5, 5.41) is 0. The summed E-state index contributed by atoms with van der Waals surface area (Å²) in [5.41, 5.74) is 0. The lowest BCUT2D eigenvalue weighted by Crippen LogP contribution is -2.17. The smallest absolute Gasteiger partial charge is 0.132 e. The molecular formula is C20H34O4. The molecule has 0 aromatic rings. The number of hydrogen-bond acceptors (Lipinski definition) is 4. The molecule has 4 nitrogen and oxygen atoms in total. The number of ketones is 4. The predicted molar refractivity (Wildman–Crippen MR) is 95.9 cm³/mol. The average Bonchev–Trinajstić information content (AvgIpc) is 2.58. The molecule has 0 rings (SSSR count). The second-order valence-electron chi connectivity index (χ2n) is 6.69. The highest BCUT2D eigenvalue weighted by atomic mass is 16.1. The Balaban J connectivity index is 4.78. The largest absolute Gasteiger partial charge is 0.300 e. The van der Waals surface area contributed by atoms with Crippen LogP contribution >= 0.6 is 0 Å². The van der Waals surface area contributed by atoms with Crippen LogP contribution in [0.25, 0.3) is 0 Å². The standard InChI is InChI=1S/C20H34O4/c1-5-17(21)11-15(12-18(22)6-2)9-10-16(13-19(23)7-3)14-20(24)8-4/h15-16H,5-14H2,1-4H3. The van der Waals surface area contributed by atoms with E-state index in [-0.39, 0.29) is 35.0 Å². The molecule has 0 aliphatic heterocycles. The molecule has 0 unspecified atom stereocenters. The third-order valence-corrected chi connectivity index (χ3v) is 4.63. The number of hydrogen-bond donors (Lipinski definition) is 0. The number of rotatable bonds is 15. The Hall–Kier alpha value is -1.32. The van der Waals surface area contributed by atoms with Crippen molar-refractivity contribution in [2.24, 2.45) is 11.8 Å². The fraction of sp³-hybridized carbons (Fsp3) is 0.800.